The summed E-state index contributed by atoms with van der Waals surface area (Å²) >= 11 is 1.16. The van der Waals surface area contributed by atoms with Crippen molar-refractivity contribution in [2.75, 3.05) is 17.7 Å². The predicted molar refractivity (Wildman–Crippen MR) is 129 cm³/mol. The van der Waals surface area contributed by atoms with Crippen molar-refractivity contribution in [3.8, 4) is 5.75 Å². The molecule has 168 valence electrons. The third-order valence-corrected chi connectivity index (χ3v) is 6.40. The minimum atomic E-state index is -0.367. The maximum atomic E-state index is 13.1. The highest BCUT2D eigenvalue weighted by atomic mass is 32.1. The van der Waals surface area contributed by atoms with Gasteiger partial charge in [0, 0.05) is 11.4 Å². The van der Waals surface area contributed by atoms with Gasteiger partial charge in [0.1, 0.15) is 17.1 Å². The molecule has 2 amide bonds. The van der Waals surface area contributed by atoms with Crippen LogP contribution in [-0.2, 0) is 11.3 Å². The van der Waals surface area contributed by atoms with Crippen molar-refractivity contribution in [1.82, 2.24) is 9.55 Å². The Morgan fingerprint density at radius 1 is 1.06 bits per heavy atom. The smallest absolute Gasteiger partial charge is 0.266 e. The number of aryl methyl sites for hydroxylation is 2. The van der Waals surface area contributed by atoms with Crippen molar-refractivity contribution in [2.45, 2.75) is 20.4 Å². The Balaban J connectivity index is 1.56. The topological polar surface area (TPSA) is 102 Å². The first-order valence-electron chi connectivity index (χ1n) is 10.2. The van der Waals surface area contributed by atoms with Gasteiger partial charge in [-0.2, -0.15) is 0 Å². The number of fused-ring (bicyclic) bond motifs is 1. The highest BCUT2D eigenvalue weighted by Crippen LogP contribution is 2.28. The van der Waals surface area contributed by atoms with Crippen molar-refractivity contribution in [2.24, 2.45) is 0 Å². The van der Waals surface area contributed by atoms with Crippen LogP contribution in [0.5, 0.6) is 5.75 Å². The molecule has 2 aromatic heterocycles. The summed E-state index contributed by atoms with van der Waals surface area (Å²) in [6.45, 7) is 3.43. The number of benzene rings is 2. The summed E-state index contributed by atoms with van der Waals surface area (Å²) in [5, 5.41) is 5.98. The highest BCUT2D eigenvalue weighted by Gasteiger charge is 2.20. The van der Waals surface area contributed by atoms with Crippen LogP contribution in [0.25, 0.3) is 10.2 Å². The van der Waals surface area contributed by atoms with E-state index in [1.54, 1.807) is 38.3 Å². The summed E-state index contributed by atoms with van der Waals surface area (Å²) in [6.07, 6.45) is 1.33. The van der Waals surface area contributed by atoms with Gasteiger partial charge in [-0.25, -0.2) is 4.98 Å². The Hall–Kier alpha value is -3.98. The molecule has 0 aliphatic carbocycles. The first kappa shape index (κ1) is 22.2. The van der Waals surface area contributed by atoms with E-state index in [4.69, 9.17) is 4.74 Å². The van der Waals surface area contributed by atoms with Crippen LogP contribution in [0.15, 0.2) is 59.7 Å². The monoisotopic (exact) mass is 462 g/mol. The van der Waals surface area contributed by atoms with Crippen LogP contribution >= 0.6 is 11.3 Å². The third kappa shape index (κ3) is 4.63. The highest BCUT2D eigenvalue weighted by molar-refractivity contribution is 7.20. The fraction of sp³-hybridized carbons (Fsp3) is 0.167. The molecule has 0 radical (unpaired) electrons. The summed E-state index contributed by atoms with van der Waals surface area (Å²) in [5.74, 6) is 0.0101. The van der Waals surface area contributed by atoms with Gasteiger partial charge in [-0.3, -0.25) is 19.0 Å². The Morgan fingerprint density at radius 2 is 1.79 bits per heavy atom. The lowest BCUT2D eigenvalue weighted by atomic mass is 10.2. The number of nitrogens with one attached hydrogen (secondary N) is 2. The number of rotatable bonds is 6. The van der Waals surface area contributed by atoms with Crippen LogP contribution in [0.1, 0.15) is 20.8 Å². The lowest BCUT2D eigenvalue weighted by Crippen LogP contribution is -2.27. The van der Waals surface area contributed by atoms with E-state index in [-0.39, 0.29) is 23.9 Å². The molecule has 9 heteroatoms. The summed E-state index contributed by atoms with van der Waals surface area (Å²) in [7, 11) is 1.56. The fourth-order valence-corrected chi connectivity index (χ4v) is 4.44. The number of hydrogen-bond donors (Lipinski definition) is 2. The van der Waals surface area contributed by atoms with Crippen molar-refractivity contribution in [1.29, 1.82) is 0 Å². The van der Waals surface area contributed by atoms with Gasteiger partial charge in [0.2, 0.25) is 5.91 Å². The number of amides is 2. The second-order valence-electron chi connectivity index (χ2n) is 7.46. The van der Waals surface area contributed by atoms with Gasteiger partial charge in [0.05, 0.1) is 23.7 Å². The molecule has 2 aromatic carbocycles. The molecule has 0 atom stereocenters. The fourth-order valence-electron chi connectivity index (χ4n) is 3.41. The molecule has 0 unspecified atom stereocenters. The van der Waals surface area contributed by atoms with Crippen LogP contribution in [-0.4, -0.2) is 28.5 Å². The van der Waals surface area contributed by atoms with E-state index in [1.165, 1.54) is 10.9 Å². The second-order valence-corrected chi connectivity index (χ2v) is 8.46. The number of anilines is 2. The largest absolute Gasteiger partial charge is 0.497 e. The lowest BCUT2D eigenvalue weighted by molar-refractivity contribution is -0.116. The average molecular weight is 463 g/mol. The SMILES string of the molecule is COc1ccc(NC(=O)Cn2cnc3sc(C(=O)Nc4ccccc4C)c(C)c3c2=O)cc1. The molecule has 0 aliphatic rings. The Morgan fingerprint density at radius 3 is 2.48 bits per heavy atom. The van der Waals surface area contributed by atoms with E-state index in [0.717, 1.165) is 16.9 Å². The van der Waals surface area contributed by atoms with Gasteiger partial charge in [0.15, 0.2) is 0 Å². The van der Waals surface area contributed by atoms with Gasteiger partial charge in [0.25, 0.3) is 11.5 Å². The van der Waals surface area contributed by atoms with Gasteiger partial charge in [-0.1, -0.05) is 18.2 Å². The zero-order valence-corrected chi connectivity index (χ0v) is 19.2. The van der Waals surface area contributed by atoms with Gasteiger partial charge in [-0.15, -0.1) is 11.3 Å². The van der Waals surface area contributed by atoms with Crippen molar-refractivity contribution in [3.05, 3.63) is 81.2 Å². The Kier molecular flexibility index (Phi) is 6.23. The number of nitrogens with zero attached hydrogens (tertiary/aromatic N) is 2. The van der Waals surface area contributed by atoms with Crippen LogP contribution in [0.4, 0.5) is 11.4 Å². The molecule has 0 aliphatic heterocycles. The molecular formula is C24H22N4O4S. The first-order valence-corrected chi connectivity index (χ1v) is 11.0. The molecule has 2 N–H and O–H groups in total. The average Bonchev–Trinajstić information content (AvgIpc) is 3.15. The van der Waals surface area contributed by atoms with E-state index >= 15 is 0 Å². The molecule has 0 fully saturated rings. The molecule has 0 spiro atoms. The molecule has 8 nitrogen and oxygen atoms in total. The van der Waals surface area contributed by atoms with Crippen LogP contribution in [0.3, 0.4) is 0 Å². The van der Waals surface area contributed by atoms with E-state index in [9.17, 15) is 14.4 Å². The van der Waals surface area contributed by atoms with Crippen molar-refractivity contribution >= 4 is 44.7 Å². The van der Waals surface area contributed by atoms with Crippen LogP contribution < -0.4 is 20.9 Å². The van der Waals surface area contributed by atoms with Gasteiger partial charge in [-0.05, 0) is 55.3 Å². The van der Waals surface area contributed by atoms with Gasteiger partial charge >= 0.3 is 0 Å². The number of carbonyl (C=O) groups is 2. The Bertz CT molecular complexity index is 1410. The summed E-state index contributed by atoms with van der Waals surface area (Å²) in [4.78, 5) is 43.6. The molecule has 0 saturated carbocycles. The molecule has 4 rings (SSSR count). The van der Waals surface area contributed by atoms with E-state index < -0.39 is 0 Å². The number of methoxy groups -OCH3 is 1. The molecule has 33 heavy (non-hydrogen) atoms. The van der Waals surface area contributed by atoms with E-state index in [0.29, 0.717) is 37.8 Å². The molecular weight excluding hydrogens is 440 g/mol. The first-order chi connectivity index (χ1) is 15.9. The zero-order chi connectivity index (χ0) is 23.5. The lowest BCUT2D eigenvalue weighted by Gasteiger charge is -2.08. The number of ether oxygens (including phenoxy) is 1. The molecule has 0 bridgehead atoms. The zero-order valence-electron chi connectivity index (χ0n) is 18.3. The molecule has 0 saturated heterocycles. The minimum Gasteiger partial charge on any atom is -0.497 e. The van der Waals surface area contributed by atoms with Crippen LogP contribution in [0.2, 0.25) is 0 Å². The van der Waals surface area contributed by atoms with Crippen LogP contribution in [0, 0.1) is 13.8 Å². The van der Waals surface area contributed by atoms with Gasteiger partial charge < -0.3 is 15.4 Å². The summed E-state index contributed by atoms with van der Waals surface area (Å²) in [5.41, 5.74) is 2.41. The predicted octanol–water partition coefficient (Wildman–Crippen LogP) is 3.97. The standard InChI is InChI=1S/C24H22N4O4S/c1-14-6-4-5-7-18(14)27-22(30)21-15(2)20-23(33-21)25-13-28(24(20)31)12-19(29)26-16-8-10-17(32-3)11-9-16/h4-11,13H,12H2,1-3H3,(H,26,29)(H,27,30). The number of para-hydroxylation sites is 1. The number of carbonyl (C=O) groups excluding carboxylic acids is 2. The quantitative estimate of drug-likeness (QED) is 0.451. The number of hydrogen-bond acceptors (Lipinski definition) is 6. The van der Waals surface area contributed by atoms with Crippen molar-refractivity contribution in [3.63, 3.8) is 0 Å². The maximum absolute atomic E-state index is 13.1. The van der Waals surface area contributed by atoms with E-state index in [1.807, 2.05) is 31.2 Å². The normalized spacial score (nSPS) is 10.8. The third-order valence-electron chi connectivity index (χ3n) is 5.20. The molecule has 2 heterocycles. The summed E-state index contributed by atoms with van der Waals surface area (Å²) < 4.78 is 6.34. The maximum Gasteiger partial charge on any atom is 0.266 e. The minimum absolute atomic E-state index is 0.201. The molecule has 4 aromatic rings. The number of aromatic nitrogens is 2. The van der Waals surface area contributed by atoms with Crippen molar-refractivity contribution < 1.29 is 14.3 Å². The number of thiophene rings is 1. The Labute approximate surface area is 193 Å². The van der Waals surface area contributed by atoms with E-state index in [2.05, 4.69) is 15.6 Å². The summed E-state index contributed by atoms with van der Waals surface area (Å²) in [6, 6.07) is 14.4. The second kappa shape index (κ2) is 9.25.